The summed E-state index contributed by atoms with van der Waals surface area (Å²) >= 11 is 0. The standard InChI is InChI=1S/C30H52O5S/c1-20(19-33-5)9-8-10-21(2)28-27(35-36(7,31)32)18-26-24-12-11-22-17-23(34-6)13-15-29(22,3)25(24)14-16-30(26,28)4/h11,20-21,23-28H,8-10,12-19H2,1-7H3/t20?,21-,23+,24-,25?,26+,27?,28+,29+,30+/m1/s1. The van der Waals surface area contributed by atoms with Gasteiger partial charge in [-0.2, -0.15) is 8.42 Å². The molecule has 5 nitrogen and oxygen atoms in total. The van der Waals surface area contributed by atoms with E-state index < -0.39 is 10.1 Å². The summed E-state index contributed by atoms with van der Waals surface area (Å²) in [6.07, 6.45) is 15.3. The molecule has 0 aliphatic heterocycles. The molecule has 3 unspecified atom stereocenters. The zero-order chi connectivity index (χ0) is 26.3. The molecule has 3 fully saturated rings. The first-order valence-electron chi connectivity index (χ1n) is 14.5. The molecule has 10 atom stereocenters. The van der Waals surface area contributed by atoms with E-state index in [9.17, 15) is 8.42 Å². The van der Waals surface area contributed by atoms with Crippen molar-refractivity contribution < 1.29 is 22.1 Å². The van der Waals surface area contributed by atoms with E-state index in [1.807, 2.05) is 7.11 Å². The van der Waals surface area contributed by atoms with Crippen molar-refractivity contribution in [2.75, 3.05) is 27.1 Å². The Morgan fingerprint density at radius 2 is 1.83 bits per heavy atom. The number of allylic oxidation sites excluding steroid dienone is 1. The maximum absolute atomic E-state index is 12.4. The second kappa shape index (κ2) is 11.0. The molecule has 0 N–H and O–H groups in total. The molecule has 0 amide bonds. The highest BCUT2D eigenvalue weighted by Crippen LogP contribution is 2.67. The van der Waals surface area contributed by atoms with E-state index in [0.717, 1.165) is 51.6 Å². The van der Waals surface area contributed by atoms with E-state index in [1.54, 1.807) is 12.7 Å². The smallest absolute Gasteiger partial charge is 0.264 e. The van der Waals surface area contributed by atoms with Gasteiger partial charge in [0.05, 0.1) is 18.5 Å². The SMILES string of the molecule is COCC(C)CCC[C@@H](C)[C@H]1C(OS(C)(=O)=O)C[C@H]2[C@@H]3CC=C4C[C@@H](OC)CC[C@]4(C)C3CC[C@]12C. The molecule has 0 bridgehead atoms. The topological polar surface area (TPSA) is 61.8 Å². The highest BCUT2D eigenvalue weighted by molar-refractivity contribution is 7.86. The summed E-state index contributed by atoms with van der Waals surface area (Å²) in [5, 5.41) is 0. The van der Waals surface area contributed by atoms with Crippen LogP contribution in [-0.4, -0.2) is 47.7 Å². The van der Waals surface area contributed by atoms with Gasteiger partial charge in [-0.05, 0) is 97.7 Å². The quantitative estimate of drug-likeness (QED) is 0.237. The van der Waals surface area contributed by atoms with Gasteiger partial charge in [-0.1, -0.05) is 52.2 Å². The third-order valence-corrected chi connectivity index (χ3v) is 11.8. The summed E-state index contributed by atoms with van der Waals surface area (Å²) in [7, 11) is 0.129. The van der Waals surface area contributed by atoms with Gasteiger partial charge in [-0.25, -0.2) is 0 Å². The van der Waals surface area contributed by atoms with Gasteiger partial charge in [0.25, 0.3) is 10.1 Å². The van der Waals surface area contributed by atoms with Crippen molar-refractivity contribution in [1.82, 2.24) is 0 Å². The van der Waals surface area contributed by atoms with Crippen LogP contribution >= 0.6 is 0 Å². The molecule has 0 saturated heterocycles. The third-order valence-electron chi connectivity index (χ3n) is 11.2. The average Bonchev–Trinajstić information content (AvgIpc) is 3.08. The van der Waals surface area contributed by atoms with Gasteiger partial charge >= 0.3 is 0 Å². The lowest BCUT2D eigenvalue weighted by atomic mass is 9.47. The third kappa shape index (κ3) is 5.49. The Balaban J connectivity index is 1.56. The summed E-state index contributed by atoms with van der Waals surface area (Å²) < 4.78 is 41.7. The summed E-state index contributed by atoms with van der Waals surface area (Å²) in [4.78, 5) is 0. The van der Waals surface area contributed by atoms with Gasteiger partial charge in [-0.15, -0.1) is 0 Å². The fraction of sp³-hybridized carbons (Fsp3) is 0.933. The number of hydrogen-bond acceptors (Lipinski definition) is 5. The van der Waals surface area contributed by atoms with Gasteiger partial charge in [0.2, 0.25) is 0 Å². The van der Waals surface area contributed by atoms with Crippen molar-refractivity contribution in [3.63, 3.8) is 0 Å². The zero-order valence-electron chi connectivity index (χ0n) is 23.9. The van der Waals surface area contributed by atoms with E-state index in [1.165, 1.54) is 25.5 Å². The van der Waals surface area contributed by atoms with E-state index in [-0.39, 0.29) is 16.9 Å². The molecule has 0 aromatic heterocycles. The molecule has 3 saturated carbocycles. The number of ether oxygens (including phenoxy) is 2. The Kier molecular flexibility index (Phi) is 8.71. The highest BCUT2D eigenvalue weighted by Gasteiger charge is 2.62. The first-order chi connectivity index (χ1) is 16.9. The van der Waals surface area contributed by atoms with Crippen molar-refractivity contribution in [3.8, 4) is 0 Å². The van der Waals surface area contributed by atoms with E-state index in [2.05, 4.69) is 33.8 Å². The van der Waals surface area contributed by atoms with Gasteiger partial charge in [-0.3, -0.25) is 4.18 Å². The maximum Gasteiger partial charge on any atom is 0.264 e. The predicted octanol–water partition coefficient (Wildman–Crippen LogP) is 6.62. The maximum atomic E-state index is 12.4. The molecule has 4 aliphatic carbocycles. The van der Waals surface area contributed by atoms with Crippen molar-refractivity contribution in [2.24, 2.45) is 46.3 Å². The monoisotopic (exact) mass is 524 g/mol. The molecule has 0 radical (unpaired) electrons. The molecule has 36 heavy (non-hydrogen) atoms. The fourth-order valence-electron chi connectivity index (χ4n) is 9.53. The van der Waals surface area contributed by atoms with Gasteiger partial charge in [0.1, 0.15) is 0 Å². The van der Waals surface area contributed by atoms with Crippen molar-refractivity contribution >= 4 is 10.1 Å². The second-order valence-corrected chi connectivity index (χ2v) is 15.1. The van der Waals surface area contributed by atoms with E-state index >= 15 is 0 Å². The second-order valence-electron chi connectivity index (χ2n) is 13.5. The zero-order valence-corrected chi connectivity index (χ0v) is 24.7. The van der Waals surface area contributed by atoms with Crippen molar-refractivity contribution in [3.05, 3.63) is 11.6 Å². The van der Waals surface area contributed by atoms with Crippen LogP contribution in [0.15, 0.2) is 11.6 Å². The van der Waals surface area contributed by atoms with Gasteiger partial charge < -0.3 is 9.47 Å². The fourth-order valence-corrected chi connectivity index (χ4v) is 10.2. The minimum absolute atomic E-state index is 0.138. The number of hydrogen-bond donors (Lipinski definition) is 0. The first-order valence-corrected chi connectivity index (χ1v) is 16.3. The average molecular weight is 525 g/mol. The van der Waals surface area contributed by atoms with E-state index in [0.29, 0.717) is 41.6 Å². The Labute approximate surface area is 221 Å². The van der Waals surface area contributed by atoms with Crippen LogP contribution in [0.4, 0.5) is 0 Å². The van der Waals surface area contributed by atoms with Crippen LogP contribution < -0.4 is 0 Å². The van der Waals surface area contributed by atoms with Crippen LogP contribution in [0, 0.1) is 46.3 Å². The minimum Gasteiger partial charge on any atom is -0.384 e. The Morgan fingerprint density at radius 1 is 1.08 bits per heavy atom. The summed E-state index contributed by atoms with van der Waals surface area (Å²) in [5.74, 6) is 3.14. The number of rotatable bonds is 10. The lowest BCUT2D eigenvalue weighted by Crippen LogP contribution is -2.51. The van der Waals surface area contributed by atoms with Crippen molar-refractivity contribution in [2.45, 2.75) is 104 Å². The predicted molar refractivity (Wildman–Crippen MR) is 145 cm³/mol. The molecule has 0 aromatic rings. The Morgan fingerprint density at radius 3 is 2.50 bits per heavy atom. The van der Waals surface area contributed by atoms with E-state index in [4.69, 9.17) is 13.7 Å². The van der Waals surface area contributed by atoms with Crippen molar-refractivity contribution in [1.29, 1.82) is 0 Å². The molecule has 6 heteroatoms. The van der Waals surface area contributed by atoms with Gasteiger partial charge in [0.15, 0.2) is 0 Å². The molecule has 208 valence electrons. The number of fused-ring (bicyclic) bond motifs is 5. The first kappa shape index (κ1) is 28.6. The molecule has 4 rings (SSSR count). The van der Waals surface area contributed by atoms with Crippen LogP contribution in [0.1, 0.15) is 91.9 Å². The molecule has 0 aromatic carbocycles. The molecule has 0 heterocycles. The molecule has 4 aliphatic rings. The molecular formula is C30H52O5S. The van der Waals surface area contributed by atoms with Crippen LogP contribution in [0.5, 0.6) is 0 Å². The Hall–Kier alpha value is -0.430. The normalized spacial score (nSPS) is 42.1. The Bertz CT molecular complexity index is 899. The number of methoxy groups -OCH3 is 2. The molecule has 0 spiro atoms. The largest absolute Gasteiger partial charge is 0.384 e. The minimum atomic E-state index is -3.50. The summed E-state index contributed by atoms with van der Waals surface area (Å²) in [6, 6.07) is 0. The van der Waals surface area contributed by atoms with Crippen LogP contribution in [0.25, 0.3) is 0 Å². The summed E-state index contributed by atoms with van der Waals surface area (Å²) in [6.45, 7) is 10.4. The lowest BCUT2D eigenvalue weighted by Gasteiger charge is -2.58. The van der Waals surface area contributed by atoms with Crippen LogP contribution in [-0.2, 0) is 23.8 Å². The van der Waals surface area contributed by atoms with Gasteiger partial charge in [0, 0.05) is 20.8 Å². The summed E-state index contributed by atoms with van der Waals surface area (Å²) in [5.41, 5.74) is 2.04. The van der Waals surface area contributed by atoms with Crippen LogP contribution in [0.3, 0.4) is 0 Å². The highest BCUT2D eigenvalue weighted by atomic mass is 32.2. The molecular weight excluding hydrogens is 472 g/mol. The van der Waals surface area contributed by atoms with Crippen LogP contribution in [0.2, 0.25) is 0 Å². The lowest BCUT2D eigenvalue weighted by molar-refractivity contribution is -0.0633.